The van der Waals surface area contributed by atoms with E-state index in [-0.39, 0.29) is 29.6 Å². The van der Waals surface area contributed by atoms with Crippen molar-refractivity contribution < 1.29 is 0 Å². The minimum absolute atomic E-state index is 0. The first-order valence-electron chi connectivity index (χ1n) is 8.27. The van der Waals surface area contributed by atoms with Crippen LogP contribution in [-0.4, -0.2) is 35.8 Å². The van der Waals surface area contributed by atoms with Gasteiger partial charge in [-0.05, 0) is 30.4 Å². The molecule has 0 aromatic heterocycles. The highest BCUT2D eigenvalue weighted by atomic mass is 35.5. The molecule has 1 heterocycles. The molecule has 0 spiro atoms. The Labute approximate surface area is 158 Å². The van der Waals surface area contributed by atoms with Crippen molar-refractivity contribution in [3.63, 3.8) is 0 Å². The Balaban J connectivity index is 0.00000132. The SMILES string of the molecule is CC(C)(C)Sc1ccccc1[C@H](C1CC1)N1CCNCC1.Cl.Cl. The van der Waals surface area contributed by atoms with Crippen molar-refractivity contribution in [1.29, 1.82) is 0 Å². The number of nitrogens with one attached hydrogen (secondary N) is 1. The van der Waals surface area contributed by atoms with Crippen molar-refractivity contribution in [3.05, 3.63) is 29.8 Å². The first-order valence-corrected chi connectivity index (χ1v) is 9.09. The van der Waals surface area contributed by atoms with Gasteiger partial charge in [0.05, 0.1) is 0 Å². The Hall–Kier alpha value is 0.0700. The lowest BCUT2D eigenvalue weighted by Crippen LogP contribution is -2.45. The van der Waals surface area contributed by atoms with Gasteiger partial charge in [0.2, 0.25) is 0 Å². The second kappa shape index (κ2) is 8.96. The van der Waals surface area contributed by atoms with Gasteiger partial charge in [0.25, 0.3) is 0 Å². The minimum Gasteiger partial charge on any atom is -0.314 e. The molecule has 2 fully saturated rings. The molecular formula is C18H30Cl2N2S. The van der Waals surface area contributed by atoms with Crippen LogP contribution in [0.3, 0.4) is 0 Å². The lowest BCUT2D eigenvalue weighted by molar-refractivity contribution is 0.154. The molecule has 5 heteroatoms. The summed E-state index contributed by atoms with van der Waals surface area (Å²) in [6.45, 7) is 11.6. The summed E-state index contributed by atoms with van der Waals surface area (Å²) in [6, 6.07) is 9.75. The van der Waals surface area contributed by atoms with Crippen LogP contribution in [0.5, 0.6) is 0 Å². The normalized spacial score (nSPS) is 20.3. The number of hydrogen-bond donors (Lipinski definition) is 1. The highest BCUT2D eigenvalue weighted by molar-refractivity contribution is 8.00. The monoisotopic (exact) mass is 376 g/mol. The summed E-state index contributed by atoms with van der Waals surface area (Å²) in [4.78, 5) is 4.20. The molecule has 1 saturated carbocycles. The number of benzene rings is 1. The number of nitrogens with zero attached hydrogens (tertiary/aromatic N) is 1. The molecule has 0 unspecified atom stereocenters. The molecule has 0 radical (unpaired) electrons. The predicted molar refractivity (Wildman–Crippen MR) is 106 cm³/mol. The Morgan fingerprint density at radius 3 is 2.26 bits per heavy atom. The molecule has 132 valence electrons. The maximum Gasteiger partial charge on any atom is 0.0388 e. The summed E-state index contributed by atoms with van der Waals surface area (Å²) >= 11 is 2.02. The average molecular weight is 377 g/mol. The van der Waals surface area contributed by atoms with Gasteiger partial charge in [-0.3, -0.25) is 4.90 Å². The van der Waals surface area contributed by atoms with Crippen LogP contribution in [-0.2, 0) is 0 Å². The molecule has 0 amide bonds. The van der Waals surface area contributed by atoms with Crippen molar-refractivity contribution in [3.8, 4) is 0 Å². The van der Waals surface area contributed by atoms with E-state index < -0.39 is 0 Å². The Morgan fingerprint density at radius 1 is 1.09 bits per heavy atom. The third kappa shape index (κ3) is 5.82. The molecule has 1 aliphatic heterocycles. The van der Waals surface area contributed by atoms with Crippen LogP contribution in [0.1, 0.15) is 45.2 Å². The zero-order valence-electron chi connectivity index (χ0n) is 14.4. The number of piperazine rings is 1. The van der Waals surface area contributed by atoms with Gasteiger partial charge in [-0.1, -0.05) is 39.0 Å². The fourth-order valence-corrected chi connectivity index (χ4v) is 4.38. The first kappa shape index (κ1) is 21.1. The van der Waals surface area contributed by atoms with E-state index in [2.05, 4.69) is 55.3 Å². The minimum atomic E-state index is 0. The second-order valence-corrected chi connectivity index (χ2v) is 9.19. The fourth-order valence-electron chi connectivity index (χ4n) is 3.27. The van der Waals surface area contributed by atoms with Crippen molar-refractivity contribution in [2.45, 2.75) is 49.3 Å². The smallest absolute Gasteiger partial charge is 0.0388 e. The van der Waals surface area contributed by atoms with Gasteiger partial charge in [0, 0.05) is 41.9 Å². The second-order valence-electron chi connectivity index (χ2n) is 7.32. The van der Waals surface area contributed by atoms with Crippen LogP contribution in [0.4, 0.5) is 0 Å². The van der Waals surface area contributed by atoms with Crippen LogP contribution in [0.25, 0.3) is 0 Å². The van der Waals surface area contributed by atoms with Gasteiger partial charge in [-0.25, -0.2) is 0 Å². The summed E-state index contributed by atoms with van der Waals surface area (Å²) in [5, 5.41) is 3.49. The average Bonchev–Trinajstić information content (AvgIpc) is 3.25. The summed E-state index contributed by atoms with van der Waals surface area (Å²) < 4.78 is 0.271. The van der Waals surface area contributed by atoms with Gasteiger partial charge in [-0.2, -0.15) is 0 Å². The number of rotatable bonds is 4. The summed E-state index contributed by atoms with van der Waals surface area (Å²) in [5.74, 6) is 0.879. The molecule has 2 nitrogen and oxygen atoms in total. The molecule has 1 N–H and O–H groups in total. The lowest BCUT2D eigenvalue weighted by atomic mass is 9.99. The maximum absolute atomic E-state index is 3.49. The van der Waals surface area contributed by atoms with Crippen molar-refractivity contribution in [2.75, 3.05) is 26.2 Å². The molecule has 0 bridgehead atoms. The van der Waals surface area contributed by atoms with Gasteiger partial charge in [0.1, 0.15) is 0 Å². The van der Waals surface area contributed by atoms with E-state index in [1.54, 1.807) is 5.56 Å². The molecule has 1 aromatic carbocycles. The predicted octanol–water partition coefficient (Wildman–Crippen LogP) is 4.78. The van der Waals surface area contributed by atoms with E-state index in [4.69, 9.17) is 0 Å². The highest BCUT2D eigenvalue weighted by Crippen LogP contribution is 2.48. The Kier molecular flexibility index (Phi) is 8.22. The number of thioether (sulfide) groups is 1. The van der Waals surface area contributed by atoms with Crippen LogP contribution < -0.4 is 5.32 Å². The van der Waals surface area contributed by atoms with Crippen LogP contribution in [0, 0.1) is 5.92 Å². The molecular weight excluding hydrogens is 347 g/mol. The summed E-state index contributed by atoms with van der Waals surface area (Å²) in [5.41, 5.74) is 1.57. The third-order valence-corrected chi connectivity index (χ3v) is 5.47. The molecule has 3 rings (SSSR count). The van der Waals surface area contributed by atoms with Crippen LogP contribution in [0.15, 0.2) is 29.2 Å². The van der Waals surface area contributed by atoms with E-state index in [1.165, 1.54) is 30.8 Å². The van der Waals surface area contributed by atoms with E-state index in [0.29, 0.717) is 6.04 Å². The van der Waals surface area contributed by atoms with Gasteiger partial charge < -0.3 is 5.32 Å². The van der Waals surface area contributed by atoms with Gasteiger partial charge >= 0.3 is 0 Å². The van der Waals surface area contributed by atoms with E-state index in [0.717, 1.165) is 19.0 Å². The zero-order valence-corrected chi connectivity index (χ0v) is 16.8. The van der Waals surface area contributed by atoms with Gasteiger partial charge in [-0.15, -0.1) is 36.6 Å². The van der Waals surface area contributed by atoms with Crippen LogP contribution in [0.2, 0.25) is 0 Å². The van der Waals surface area contributed by atoms with Crippen molar-refractivity contribution in [2.24, 2.45) is 5.92 Å². The van der Waals surface area contributed by atoms with Crippen molar-refractivity contribution >= 4 is 36.6 Å². The highest BCUT2D eigenvalue weighted by Gasteiger charge is 2.38. The summed E-state index contributed by atoms with van der Waals surface area (Å²) in [6.07, 6.45) is 2.81. The molecule has 2 aliphatic rings. The molecule has 1 aromatic rings. The van der Waals surface area contributed by atoms with Crippen LogP contribution >= 0.6 is 36.6 Å². The standard InChI is InChI=1S/C18H28N2S.2ClH/c1-18(2,3)21-16-7-5-4-6-15(16)17(14-8-9-14)20-12-10-19-11-13-20;;/h4-7,14,17,19H,8-13H2,1-3H3;2*1H/t17-;;/m0../s1. The zero-order chi connectivity index (χ0) is 14.9. The maximum atomic E-state index is 3.49. The van der Waals surface area contributed by atoms with Gasteiger partial charge in [0.15, 0.2) is 0 Å². The fraction of sp³-hybridized carbons (Fsp3) is 0.667. The number of hydrogen-bond acceptors (Lipinski definition) is 3. The molecule has 1 atom stereocenters. The molecule has 1 aliphatic carbocycles. The third-order valence-electron chi connectivity index (χ3n) is 4.27. The lowest BCUT2D eigenvalue weighted by Gasteiger charge is -2.36. The topological polar surface area (TPSA) is 15.3 Å². The quantitative estimate of drug-likeness (QED) is 0.761. The molecule has 23 heavy (non-hydrogen) atoms. The molecule has 1 saturated heterocycles. The number of halogens is 2. The van der Waals surface area contributed by atoms with E-state index >= 15 is 0 Å². The Morgan fingerprint density at radius 2 is 1.70 bits per heavy atom. The van der Waals surface area contributed by atoms with Crippen molar-refractivity contribution in [1.82, 2.24) is 10.2 Å². The largest absolute Gasteiger partial charge is 0.314 e. The van der Waals surface area contributed by atoms with E-state index in [1.807, 2.05) is 11.8 Å². The Bertz CT molecular complexity index is 480. The summed E-state index contributed by atoms with van der Waals surface area (Å²) in [7, 11) is 0. The first-order chi connectivity index (χ1) is 10.0. The van der Waals surface area contributed by atoms with E-state index in [9.17, 15) is 0 Å².